The molecule has 0 amide bonds. The fourth-order valence-corrected chi connectivity index (χ4v) is 2.34. The Balaban J connectivity index is 2.61. The molecular weight excluding hydrogens is 260 g/mol. The van der Waals surface area contributed by atoms with Crippen LogP contribution in [-0.2, 0) is 17.7 Å². The van der Waals surface area contributed by atoms with Crippen LogP contribution in [0.2, 0.25) is 0 Å². The summed E-state index contributed by atoms with van der Waals surface area (Å²) in [6.45, 7) is 13.7. The van der Waals surface area contributed by atoms with Gasteiger partial charge in [0.15, 0.2) is 0 Å². The van der Waals surface area contributed by atoms with Gasteiger partial charge in [-0.3, -0.25) is 4.90 Å². The lowest BCUT2D eigenvalue weighted by atomic mass is 10.0. The van der Waals surface area contributed by atoms with E-state index in [1.807, 2.05) is 0 Å². The van der Waals surface area contributed by atoms with Gasteiger partial charge in [-0.2, -0.15) is 0 Å². The van der Waals surface area contributed by atoms with Gasteiger partial charge in [-0.1, -0.05) is 31.2 Å². The van der Waals surface area contributed by atoms with E-state index in [0.29, 0.717) is 0 Å². The van der Waals surface area contributed by atoms with Crippen molar-refractivity contribution in [2.45, 2.75) is 46.2 Å². The summed E-state index contributed by atoms with van der Waals surface area (Å²) in [5, 5.41) is 3.57. The standard InChI is InChI=1S/C18H32N2O/c1-6-20(13-14-21-5)15-17-10-8-7-9-16(17)11-12-19-18(2,3)4/h7-10,19H,6,11-15H2,1-5H3. The maximum atomic E-state index is 5.19. The summed E-state index contributed by atoms with van der Waals surface area (Å²) in [5.74, 6) is 0. The molecule has 0 atom stereocenters. The largest absolute Gasteiger partial charge is 0.383 e. The Morgan fingerprint density at radius 2 is 1.81 bits per heavy atom. The molecule has 1 aromatic carbocycles. The highest BCUT2D eigenvalue weighted by atomic mass is 16.5. The summed E-state index contributed by atoms with van der Waals surface area (Å²) in [5.41, 5.74) is 3.07. The van der Waals surface area contributed by atoms with E-state index in [9.17, 15) is 0 Å². The van der Waals surface area contributed by atoms with Gasteiger partial charge in [-0.15, -0.1) is 0 Å². The quantitative estimate of drug-likeness (QED) is 0.757. The zero-order chi connectivity index (χ0) is 15.7. The molecule has 3 heteroatoms. The van der Waals surface area contributed by atoms with Gasteiger partial charge >= 0.3 is 0 Å². The van der Waals surface area contributed by atoms with Crippen molar-refractivity contribution in [1.82, 2.24) is 10.2 Å². The first-order valence-electron chi connectivity index (χ1n) is 7.99. The molecule has 0 aromatic heterocycles. The highest BCUT2D eigenvalue weighted by molar-refractivity contribution is 5.27. The first-order valence-corrected chi connectivity index (χ1v) is 7.99. The average molecular weight is 292 g/mol. The van der Waals surface area contributed by atoms with Crippen molar-refractivity contribution < 1.29 is 4.74 Å². The molecule has 0 radical (unpaired) electrons. The first kappa shape index (κ1) is 18.1. The van der Waals surface area contributed by atoms with Gasteiger partial charge in [0, 0.05) is 25.7 Å². The normalized spacial score (nSPS) is 12.1. The minimum Gasteiger partial charge on any atom is -0.383 e. The molecule has 0 aliphatic carbocycles. The number of methoxy groups -OCH3 is 1. The maximum Gasteiger partial charge on any atom is 0.0589 e. The predicted molar refractivity (Wildman–Crippen MR) is 90.7 cm³/mol. The van der Waals surface area contributed by atoms with Crippen LogP contribution in [0.25, 0.3) is 0 Å². The van der Waals surface area contributed by atoms with Crippen molar-refractivity contribution in [2.75, 3.05) is 33.4 Å². The number of benzene rings is 1. The van der Waals surface area contributed by atoms with Crippen molar-refractivity contribution in [3.63, 3.8) is 0 Å². The average Bonchev–Trinajstić information content (AvgIpc) is 2.43. The second-order valence-electron chi connectivity index (χ2n) is 6.56. The van der Waals surface area contributed by atoms with E-state index in [1.54, 1.807) is 7.11 Å². The van der Waals surface area contributed by atoms with Crippen molar-refractivity contribution >= 4 is 0 Å². The number of nitrogens with zero attached hydrogens (tertiary/aromatic N) is 1. The van der Waals surface area contributed by atoms with Crippen molar-refractivity contribution in [1.29, 1.82) is 0 Å². The van der Waals surface area contributed by atoms with E-state index in [4.69, 9.17) is 4.74 Å². The zero-order valence-electron chi connectivity index (χ0n) is 14.4. The molecule has 120 valence electrons. The van der Waals surface area contributed by atoms with Gasteiger partial charge < -0.3 is 10.1 Å². The second kappa shape index (κ2) is 9.19. The van der Waals surface area contributed by atoms with E-state index >= 15 is 0 Å². The van der Waals surface area contributed by atoms with Crippen molar-refractivity contribution in [3.8, 4) is 0 Å². The monoisotopic (exact) mass is 292 g/mol. The highest BCUT2D eigenvalue weighted by Gasteiger charge is 2.10. The predicted octanol–water partition coefficient (Wildman–Crippen LogP) is 3.09. The Kier molecular flexibility index (Phi) is 7.94. The Hall–Kier alpha value is -0.900. The van der Waals surface area contributed by atoms with Crippen LogP contribution in [-0.4, -0.2) is 43.8 Å². The van der Waals surface area contributed by atoms with Crippen LogP contribution in [0, 0.1) is 0 Å². The fraction of sp³-hybridized carbons (Fsp3) is 0.667. The maximum absolute atomic E-state index is 5.19. The third-order valence-corrected chi connectivity index (χ3v) is 3.62. The van der Waals surface area contributed by atoms with Gasteiger partial charge in [0.1, 0.15) is 0 Å². The van der Waals surface area contributed by atoms with Crippen LogP contribution in [0.15, 0.2) is 24.3 Å². The fourth-order valence-electron chi connectivity index (χ4n) is 2.34. The summed E-state index contributed by atoms with van der Waals surface area (Å²) in [6, 6.07) is 8.78. The van der Waals surface area contributed by atoms with Crippen LogP contribution in [0.1, 0.15) is 38.8 Å². The molecule has 0 saturated carbocycles. The van der Waals surface area contributed by atoms with E-state index in [1.165, 1.54) is 11.1 Å². The van der Waals surface area contributed by atoms with E-state index < -0.39 is 0 Å². The lowest BCUT2D eigenvalue weighted by Gasteiger charge is -2.23. The van der Waals surface area contributed by atoms with Gasteiger partial charge in [0.2, 0.25) is 0 Å². The number of hydrogen-bond donors (Lipinski definition) is 1. The highest BCUT2D eigenvalue weighted by Crippen LogP contribution is 2.13. The Bertz CT molecular complexity index is 398. The Labute approximate surface area is 130 Å². The lowest BCUT2D eigenvalue weighted by molar-refractivity contribution is 0.147. The summed E-state index contributed by atoms with van der Waals surface area (Å²) >= 11 is 0. The zero-order valence-corrected chi connectivity index (χ0v) is 14.4. The van der Waals surface area contributed by atoms with Gasteiger partial charge in [0.05, 0.1) is 6.61 Å². The molecule has 0 spiro atoms. The number of nitrogens with one attached hydrogen (secondary N) is 1. The van der Waals surface area contributed by atoms with Crippen molar-refractivity contribution in [2.24, 2.45) is 0 Å². The third kappa shape index (κ3) is 7.60. The van der Waals surface area contributed by atoms with Gasteiger partial charge in [0.25, 0.3) is 0 Å². The minimum atomic E-state index is 0.183. The molecule has 0 unspecified atom stereocenters. The summed E-state index contributed by atoms with van der Waals surface area (Å²) in [6.07, 6.45) is 1.08. The molecule has 1 aromatic rings. The van der Waals surface area contributed by atoms with E-state index in [-0.39, 0.29) is 5.54 Å². The Morgan fingerprint density at radius 3 is 2.38 bits per heavy atom. The molecule has 0 heterocycles. The molecule has 21 heavy (non-hydrogen) atoms. The topological polar surface area (TPSA) is 24.5 Å². The number of hydrogen-bond acceptors (Lipinski definition) is 3. The number of likely N-dealkylation sites (N-methyl/N-ethyl adjacent to an activating group) is 1. The molecule has 0 fully saturated rings. The first-order chi connectivity index (χ1) is 9.96. The minimum absolute atomic E-state index is 0.183. The van der Waals surface area contributed by atoms with E-state index in [2.05, 4.69) is 62.2 Å². The molecular formula is C18H32N2O. The van der Waals surface area contributed by atoms with Crippen molar-refractivity contribution in [3.05, 3.63) is 35.4 Å². The van der Waals surface area contributed by atoms with Crippen LogP contribution >= 0.6 is 0 Å². The van der Waals surface area contributed by atoms with Gasteiger partial charge in [-0.05, 0) is 51.4 Å². The number of ether oxygens (including phenoxy) is 1. The molecule has 0 aliphatic rings. The molecule has 1 N–H and O–H groups in total. The summed E-state index contributed by atoms with van der Waals surface area (Å²) in [4.78, 5) is 2.43. The number of rotatable bonds is 9. The molecule has 0 bridgehead atoms. The summed E-state index contributed by atoms with van der Waals surface area (Å²) in [7, 11) is 1.76. The van der Waals surface area contributed by atoms with E-state index in [0.717, 1.165) is 39.2 Å². The molecule has 1 rings (SSSR count). The Morgan fingerprint density at radius 1 is 1.14 bits per heavy atom. The van der Waals surface area contributed by atoms with Crippen LogP contribution in [0.5, 0.6) is 0 Å². The molecule has 0 saturated heterocycles. The third-order valence-electron chi connectivity index (χ3n) is 3.62. The lowest BCUT2D eigenvalue weighted by Crippen LogP contribution is -2.37. The smallest absolute Gasteiger partial charge is 0.0589 e. The van der Waals surface area contributed by atoms with Gasteiger partial charge in [-0.25, -0.2) is 0 Å². The molecule has 3 nitrogen and oxygen atoms in total. The van der Waals surface area contributed by atoms with Crippen LogP contribution in [0.4, 0.5) is 0 Å². The van der Waals surface area contributed by atoms with Crippen LogP contribution in [0.3, 0.4) is 0 Å². The molecule has 0 aliphatic heterocycles. The van der Waals surface area contributed by atoms with Crippen LogP contribution < -0.4 is 5.32 Å². The summed E-state index contributed by atoms with van der Waals surface area (Å²) < 4.78 is 5.19. The second-order valence-corrected chi connectivity index (χ2v) is 6.56. The SMILES string of the molecule is CCN(CCOC)Cc1ccccc1CCNC(C)(C)C.